The summed E-state index contributed by atoms with van der Waals surface area (Å²) < 4.78 is 35.1. The molecule has 0 radical (unpaired) electrons. The number of halogens is 3. The first kappa shape index (κ1) is 11.7. The van der Waals surface area contributed by atoms with Crippen molar-refractivity contribution in [3.05, 3.63) is 0 Å². The molecule has 0 aromatic heterocycles. The largest absolute Gasteiger partial charge is 0.395 e. The zero-order valence-electron chi connectivity index (χ0n) is 7.23. The highest BCUT2D eigenvalue weighted by atomic mass is 19.4. The summed E-state index contributed by atoms with van der Waals surface area (Å²) >= 11 is 0. The van der Waals surface area contributed by atoms with Crippen LogP contribution in [-0.4, -0.2) is 42.4 Å². The van der Waals surface area contributed by atoms with Crippen LogP contribution in [0.4, 0.5) is 13.2 Å². The minimum Gasteiger partial charge on any atom is -0.395 e. The summed E-state index contributed by atoms with van der Waals surface area (Å²) in [5.74, 6) is 0. The summed E-state index contributed by atoms with van der Waals surface area (Å²) in [5, 5.41) is 8.61. The first-order valence-electron chi connectivity index (χ1n) is 3.74. The second-order valence-electron chi connectivity index (χ2n) is 2.88. The lowest BCUT2D eigenvalue weighted by Gasteiger charge is -2.22. The summed E-state index contributed by atoms with van der Waals surface area (Å²) in [6.07, 6.45) is -4.93. The Labute approximate surface area is 70.0 Å². The van der Waals surface area contributed by atoms with Crippen molar-refractivity contribution >= 4 is 0 Å². The molecule has 0 spiro atoms. The summed E-state index contributed by atoms with van der Waals surface area (Å²) in [5.41, 5.74) is 0. The fourth-order valence-corrected chi connectivity index (χ4v) is 0.663. The van der Waals surface area contributed by atoms with Crippen molar-refractivity contribution < 1.29 is 18.3 Å². The molecule has 1 atom stereocenters. The molecule has 0 aromatic rings. The standard InChI is InChI=1S/C7H14F3NO/c1-6(5-12)11(2)4-3-7(8,9)10/h6,12H,3-5H2,1-2H3. The maximum absolute atomic E-state index is 11.7. The van der Waals surface area contributed by atoms with E-state index in [-0.39, 0.29) is 19.2 Å². The molecule has 0 amide bonds. The van der Waals surface area contributed by atoms with Gasteiger partial charge in [-0.3, -0.25) is 0 Å². The van der Waals surface area contributed by atoms with Crippen LogP contribution in [0.2, 0.25) is 0 Å². The molecule has 1 unspecified atom stereocenters. The summed E-state index contributed by atoms with van der Waals surface area (Å²) in [6.45, 7) is 1.50. The Hall–Kier alpha value is -0.290. The zero-order valence-corrected chi connectivity index (χ0v) is 7.23. The average molecular weight is 185 g/mol. The van der Waals surface area contributed by atoms with Crippen LogP contribution in [0.5, 0.6) is 0 Å². The topological polar surface area (TPSA) is 23.5 Å². The number of likely N-dealkylation sites (N-methyl/N-ethyl adjacent to an activating group) is 1. The fraction of sp³-hybridized carbons (Fsp3) is 1.00. The summed E-state index contributed by atoms with van der Waals surface area (Å²) in [4.78, 5) is 1.48. The van der Waals surface area contributed by atoms with Crippen molar-refractivity contribution in [1.82, 2.24) is 4.90 Å². The van der Waals surface area contributed by atoms with E-state index >= 15 is 0 Å². The molecule has 1 N–H and O–H groups in total. The lowest BCUT2D eigenvalue weighted by atomic mass is 10.3. The lowest BCUT2D eigenvalue weighted by Crippen LogP contribution is -2.34. The Morgan fingerprint density at radius 3 is 2.25 bits per heavy atom. The number of hydrogen-bond donors (Lipinski definition) is 1. The van der Waals surface area contributed by atoms with Crippen LogP contribution in [0.1, 0.15) is 13.3 Å². The second-order valence-corrected chi connectivity index (χ2v) is 2.88. The number of hydrogen-bond acceptors (Lipinski definition) is 2. The van der Waals surface area contributed by atoms with E-state index in [1.807, 2.05) is 0 Å². The molecule has 0 rings (SSSR count). The summed E-state index contributed by atoms with van der Waals surface area (Å²) in [7, 11) is 1.56. The fourth-order valence-electron chi connectivity index (χ4n) is 0.663. The predicted octanol–water partition coefficient (Wildman–Crippen LogP) is 1.25. The van der Waals surface area contributed by atoms with Gasteiger partial charge in [0.05, 0.1) is 13.0 Å². The Bertz CT molecular complexity index is 126. The maximum atomic E-state index is 11.7. The van der Waals surface area contributed by atoms with Gasteiger partial charge in [-0.05, 0) is 14.0 Å². The Balaban J connectivity index is 3.64. The van der Waals surface area contributed by atoms with E-state index in [0.29, 0.717) is 0 Å². The molecule has 74 valence electrons. The lowest BCUT2D eigenvalue weighted by molar-refractivity contribution is -0.138. The van der Waals surface area contributed by atoms with Crippen molar-refractivity contribution in [1.29, 1.82) is 0 Å². The molecule has 0 aliphatic heterocycles. The molecule has 0 aliphatic carbocycles. The molecular weight excluding hydrogens is 171 g/mol. The first-order chi connectivity index (χ1) is 5.37. The monoisotopic (exact) mass is 185 g/mol. The van der Waals surface area contributed by atoms with Crippen LogP contribution < -0.4 is 0 Å². The highest BCUT2D eigenvalue weighted by Gasteiger charge is 2.27. The van der Waals surface area contributed by atoms with Crippen molar-refractivity contribution in [3.63, 3.8) is 0 Å². The molecule has 0 saturated carbocycles. The molecule has 0 fully saturated rings. The maximum Gasteiger partial charge on any atom is 0.390 e. The molecule has 0 aliphatic rings. The van der Waals surface area contributed by atoms with E-state index in [1.165, 1.54) is 4.90 Å². The molecule has 2 nitrogen and oxygen atoms in total. The third-order valence-corrected chi connectivity index (χ3v) is 1.76. The van der Waals surface area contributed by atoms with Gasteiger partial charge >= 0.3 is 6.18 Å². The van der Waals surface area contributed by atoms with Crippen LogP contribution >= 0.6 is 0 Å². The van der Waals surface area contributed by atoms with Gasteiger partial charge in [-0.15, -0.1) is 0 Å². The van der Waals surface area contributed by atoms with Crippen LogP contribution in [-0.2, 0) is 0 Å². The predicted molar refractivity (Wildman–Crippen MR) is 39.8 cm³/mol. The van der Waals surface area contributed by atoms with Gasteiger partial charge in [0.15, 0.2) is 0 Å². The number of aliphatic hydroxyl groups is 1. The quantitative estimate of drug-likeness (QED) is 0.712. The third-order valence-electron chi connectivity index (χ3n) is 1.76. The molecule has 0 saturated heterocycles. The third kappa shape index (κ3) is 5.37. The van der Waals surface area contributed by atoms with Gasteiger partial charge < -0.3 is 10.0 Å². The minimum absolute atomic E-state index is 0.0643. The number of rotatable bonds is 4. The van der Waals surface area contributed by atoms with Crippen molar-refractivity contribution in [2.75, 3.05) is 20.2 Å². The van der Waals surface area contributed by atoms with Gasteiger partial charge in [0.1, 0.15) is 0 Å². The van der Waals surface area contributed by atoms with E-state index in [0.717, 1.165) is 0 Å². The smallest absolute Gasteiger partial charge is 0.390 e. The zero-order chi connectivity index (χ0) is 9.78. The van der Waals surface area contributed by atoms with E-state index in [9.17, 15) is 13.2 Å². The highest BCUT2D eigenvalue weighted by molar-refractivity contribution is 4.63. The molecule has 0 heterocycles. The van der Waals surface area contributed by atoms with Crippen LogP contribution in [0.15, 0.2) is 0 Å². The van der Waals surface area contributed by atoms with Crippen molar-refractivity contribution in [2.24, 2.45) is 0 Å². The van der Waals surface area contributed by atoms with Crippen molar-refractivity contribution in [3.8, 4) is 0 Å². The second kappa shape index (κ2) is 4.67. The van der Waals surface area contributed by atoms with Gasteiger partial charge in [0.2, 0.25) is 0 Å². The van der Waals surface area contributed by atoms with Crippen LogP contribution in [0, 0.1) is 0 Å². The molecule has 12 heavy (non-hydrogen) atoms. The molecular formula is C7H14F3NO. The van der Waals surface area contributed by atoms with Crippen LogP contribution in [0.25, 0.3) is 0 Å². The summed E-state index contributed by atoms with van der Waals surface area (Å²) in [6, 6.07) is -0.215. The number of alkyl halides is 3. The van der Waals surface area contributed by atoms with E-state index in [2.05, 4.69) is 0 Å². The Kier molecular flexibility index (Phi) is 4.55. The Morgan fingerprint density at radius 1 is 1.42 bits per heavy atom. The molecule has 0 bridgehead atoms. The highest BCUT2D eigenvalue weighted by Crippen LogP contribution is 2.19. The van der Waals surface area contributed by atoms with Gasteiger partial charge in [-0.1, -0.05) is 0 Å². The molecule has 5 heteroatoms. The Morgan fingerprint density at radius 2 is 1.92 bits per heavy atom. The SMILES string of the molecule is CC(CO)N(C)CCC(F)(F)F. The number of aliphatic hydroxyl groups excluding tert-OH is 1. The van der Waals surface area contributed by atoms with Crippen LogP contribution in [0.3, 0.4) is 0 Å². The van der Waals surface area contributed by atoms with Gasteiger partial charge in [-0.25, -0.2) is 0 Å². The van der Waals surface area contributed by atoms with Gasteiger partial charge in [0.25, 0.3) is 0 Å². The van der Waals surface area contributed by atoms with E-state index in [4.69, 9.17) is 5.11 Å². The van der Waals surface area contributed by atoms with Gasteiger partial charge in [-0.2, -0.15) is 13.2 Å². The number of nitrogens with zero attached hydrogens (tertiary/aromatic N) is 1. The van der Waals surface area contributed by atoms with Crippen molar-refractivity contribution in [2.45, 2.75) is 25.6 Å². The first-order valence-corrected chi connectivity index (χ1v) is 3.74. The van der Waals surface area contributed by atoms with Gasteiger partial charge in [0, 0.05) is 12.6 Å². The minimum atomic E-state index is -4.11. The van der Waals surface area contributed by atoms with E-state index in [1.54, 1.807) is 14.0 Å². The normalized spacial score (nSPS) is 15.2. The average Bonchev–Trinajstić information content (AvgIpc) is 1.97. The molecule has 0 aromatic carbocycles. The van der Waals surface area contributed by atoms with E-state index < -0.39 is 12.6 Å².